The van der Waals surface area contributed by atoms with Crippen molar-refractivity contribution in [3.05, 3.63) is 71.4 Å². The van der Waals surface area contributed by atoms with Gasteiger partial charge in [-0.1, -0.05) is 50.2 Å². The molecule has 0 spiro atoms. The van der Waals surface area contributed by atoms with Crippen LogP contribution in [0.4, 0.5) is 5.69 Å². The summed E-state index contributed by atoms with van der Waals surface area (Å²) in [4.78, 5) is 14.9. The van der Waals surface area contributed by atoms with Gasteiger partial charge in [0.15, 0.2) is 0 Å². The third-order valence-electron chi connectivity index (χ3n) is 5.50. The normalized spacial score (nSPS) is 15.5. The van der Waals surface area contributed by atoms with E-state index in [1.54, 1.807) is 30.3 Å². The molecule has 1 heterocycles. The maximum Gasteiger partial charge on any atom is 0.267 e. The van der Waals surface area contributed by atoms with E-state index in [1.165, 1.54) is 10.5 Å². The Labute approximate surface area is 190 Å². The summed E-state index contributed by atoms with van der Waals surface area (Å²) in [7, 11) is -3.55. The predicted molar refractivity (Wildman–Crippen MR) is 124 cm³/mol. The molecule has 2 aromatic carbocycles. The quantitative estimate of drug-likeness (QED) is 0.535. The van der Waals surface area contributed by atoms with Gasteiger partial charge in [-0.3, -0.25) is 4.79 Å². The zero-order valence-electron chi connectivity index (χ0n) is 18.6. The van der Waals surface area contributed by atoms with Crippen molar-refractivity contribution in [1.29, 1.82) is 5.26 Å². The van der Waals surface area contributed by atoms with Crippen molar-refractivity contribution in [1.82, 2.24) is 9.21 Å². The number of para-hydroxylation sites is 1. The number of piperazine rings is 1. The van der Waals surface area contributed by atoms with Gasteiger partial charge in [-0.15, -0.1) is 0 Å². The van der Waals surface area contributed by atoms with Gasteiger partial charge in [-0.05, 0) is 36.1 Å². The number of carbonyl (C=O) groups is 1. The monoisotopic (exact) mass is 452 g/mol. The molecule has 0 aliphatic carbocycles. The highest BCUT2D eigenvalue weighted by atomic mass is 32.2. The fourth-order valence-corrected chi connectivity index (χ4v) is 5.10. The topological polar surface area (TPSA) is 93.5 Å². The number of anilines is 1. The Balaban J connectivity index is 1.70. The Kier molecular flexibility index (Phi) is 7.33. The molecule has 1 aliphatic heterocycles. The molecule has 8 heteroatoms. The zero-order valence-corrected chi connectivity index (χ0v) is 19.4. The number of sulfonamides is 1. The molecule has 7 nitrogen and oxygen atoms in total. The number of aryl methyl sites for hydroxylation is 1. The lowest BCUT2D eigenvalue weighted by Gasteiger charge is -2.33. The Bertz CT molecular complexity index is 1140. The second kappa shape index (κ2) is 9.98. The van der Waals surface area contributed by atoms with Crippen LogP contribution in [0, 0.1) is 18.3 Å². The van der Waals surface area contributed by atoms with Gasteiger partial charge in [0.1, 0.15) is 11.6 Å². The first-order valence-corrected chi connectivity index (χ1v) is 12.0. The van der Waals surface area contributed by atoms with Gasteiger partial charge in [0.05, 0.1) is 4.90 Å². The van der Waals surface area contributed by atoms with Crippen molar-refractivity contribution in [3.63, 3.8) is 0 Å². The van der Waals surface area contributed by atoms with Crippen molar-refractivity contribution in [2.24, 2.45) is 0 Å². The summed E-state index contributed by atoms with van der Waals surface area (Å²) in [5.74, 6) is -0.248. The van der Waals surface area contributed by atoms with Crippen LogP contribution < -0.4 is 5.32 Å². The van der Waals surface area contributed by atoms with E-state index in [0.717, 1.165) is 16.8 Å². The van der Waals surface area contributed by atoms with E-state index in [9.17, 15) is 18.5 Å². The van der Waals surface area contributed by atoms with Crippen molar-refractivity contribution in [2.75, 3.05) is 31.5 Å². The van der Waals surface area contributed by atoms with E-state index in [1.807, 2.05) is 36.1 Å². The van der Waals surface area contributed by atoms with E-state index >= 15 is 0 Å². The number of carbonyl (C=O) groups excluding carboxylic acids is 1. The number of nitriles is 1. The molecule has 0 atom stereocenters. The fraction of sp³-hybridized carbons (Fsp3) is 0.333. The number of rotatable bonds is 6. The Hall–Kier alpha value is -3.15. The van der Waals surface area contributed by atoms with Crippen LogP contribution in [0.5, 0.6) is 0 Å². The Morgan fingerprint density at radius 3 is 2.31 bits per heavy atom. The molecule has 1 aliphatic rings. The van der Waals surface area contributed by atoms with Gasteiger partial charge in [-0.2, -0.15) is 9.57 Å². The second-order valence-electron chi connectivity index (χ2n) is 8.06. The van der Waals surface area contributed by atoms with Gasteiger partial charge in [0.25, 0.3) is 5.91 Å². The van der Waals surface area contributed by atoms with Gasteiger partial charge in [-0.25, -0.2) is 8.42 Å². The largest absolute Gasteiger partial charge is 0.373 e. The van der Waals surface area contributed by atoms with Crippen LogP contribution >= 0.6 is 0 Å². The summed E-state index contributed by atoms with van der Waals surface area (Å²) in [5, 5.41) is 12.5. The van der Waals surface area contributed by atoms with E-state index < -0.39 is 15.9 Å². The van der Waals surface area contributed by atoms with Crippen molar-refractivity contribution in [3.8, 4) is 6.07 Å². The molecule has 1 saturated heterocycles. The highest BCUT2D eigenvalue weighted by Gasteiger charge is 2.28. The summed E-state index contributed by atoms with van der Waals surface area (Å²) in [6, 6.07) is 16.1. The van der Waals surface area contributed by atoms with Crippen LogP contribution in [0.2, 0.25) is 0 Å². The maximum absolute atomic E-state index is 12.8. The minimum absolute atomic E-state index is 0.0117. The van der Waals surface area contributed by atoms with Crippen LogP contribution in [-0.4, -0.2) is 49.7 Å². The molecule has 168 valence electrons. The number of nitrogens with zero attached hydrogens (tertiary/aromatic N) is 3. The first-order chi connectivity index (χ1) is 15.2. The predicted octanol–water partition coefficient (Wildman–Crippen LogP) is 3.47. The molecule has 0 aromatic heterocycles. The summed E-state index contributed by atoms with van der Waals surface area (Å²) in [5.41, 5.74) is 2.66. The molecule has 1 N–H and O–H groups in total. The van der Waals surface area contributed by atoms with Crippen LogP contribution in [0.3, 0.4) is 0 Å². The molecule has 0 unspecified atom stereocenters. The van der Waals surface area contributed by atoms with E-state index in [0.29, 0.717) is 13.1 Å². The third-order valence-corrected chi connectivity index (χ3v) is 7.41. The number of benzene rings is 2. The van der Waals surface area contributed by atoms with Crippen LogP contribution in [0.25, 0.3) is 0 Å². The maximum atomic E-state index is 12.8. The van der Waals surface area contributed by atoms with Crippen LogP contribution in [-0.2, 0) is 14.8 Å². The number of hydrogen-bond acceptors (Lipinski definition) is 5. The molecular weight excluding hydrogens is 424 g/mol. The van der Waals surface area contributed by atoms with Gasteiger partial charge < -0.3 is 10.2 Å². The van der Waals surface area contributed by atoms with Crippen LogP contribution in [0.1, 0.15) is 30.9 Å². The van der Waals surface area contributed by atoms with E-state index in [4.69, 9.17) is 0 Å². The van der Waals surface area contributed by atoms with Crippen LogP contribution in [0.15, 0.2) is 65.2 Å². The summed E-state index contributed by atoms with van der Waals surface area (Å²) in [6.07, 6.45) is 1.52. The Morgan fingerprint density at radius 2 is 1.72 bits per heavy atom. The molecule has 1 amide bonds. The lowest BCUT2D eigenvalue weighted by Crippen LogP contribution is -2.46. The summed E-state index contributed by atoms with van der Waals surface area (Å²) < 4.78 is 27.0. The van der Waals surface area contributed by atoms with Gasteiger partial charge >= 0.3 is 0 Å². The lowest BCUT2D eigenvalue weighted by atomic mass is 9.98. The first kappa shape index (κ1) is 23.5. The Morgan fingerprint density at radius 1 is 1.06 bits per heavy atom. The molecule has 3 rings (SSSR count). The third kappa shape index (κ3) is 5.18. The molecule has 0 radical (unpaired) electrons. The number of amides is 1. The van der Waals surface area contributed by atoms with Gasteiger partial charge in [0, 0.05) is 38.1 Å². The molecule has 1 fully saturated rings. The van der Waals surface area contributed by atoms with E-state index in [-0.39, 0.29) is 29.5 Å². The van der Waals surface area contributed by atoms with Crippen molar-refractivity contribution >= 4 is 21.6 Å². The molecule has 32 heavy (non-hydrogen) atoms. The zero-order chi connectivity index (χ0) is 23.3. The molecular formula is C24H28N4O3S. The van der Waals surface area contributed by atoms with Crippen molar-refractivity contribution < 1.29 is 13.2 Å². The van der Waals surface area contributed by atoms with Crippen molar-refractivity contribution in [2.45, 2.75) is 31.6 Å². The molecule has 0 bridgehead atoms. The highest BCUT2D eigenvalue weighted by molar-refractivity contribution is 7.89. The summed E-state index contributed by atoms with van der Waals surface area (Å²) in [6.45, 7) is 7.37. The average molecular weight is 453 g/mol. The minimum atomic E-state index is -3.55. The number of nitrogens with one attached hydrogen (secondary N) is 1. The average Bonchev–Trinajstić information content (AvgIpc) is 2.79. The number of hydrogen-bond donors (Lipinski definition) is 1. The summed E-state index contributed by atoms with van der Waals surface area (Å²) >= 11 is 0. The second-order valence-corrected chi connectivity index (χ2v) is 9.99. The fourth-order valence-electron chi connectivity index (χ4n) is 3.66. The molecule has 0 saturated carbocycles. The molecule has 2 aromatic rings. The highest BCUT2D eigenvalue weighted by Crippen LogP contribution is 2.28. The van der Waals surface area contributed by atoms with Gasteiger partial charge in [0.2, 0.25) is 10.0 Å². The first-order valence-electron chi connectivity index (χ1n) is 10.6. The lowest BCUT2D eigenvalue weighted by molar-refractivity contribution is -0.112. The van der Waals surface area contributed by atoms with E-state index in [2.05, 4.69) is 19.2 Å². The SMILES string of the molecule is Cc1cccc(C(C)C)c1NC(=O)/C(C#N)=C\N1CCN(S(=O)(=O)c2ccccc2)CC1. The standard InChI is InChI=1S/C24H28N4O3S/c1-18(2)22-11-7-8-19(3)23(22)26-24(29)20(16-25)17-27-12-14-28(15-13-27)32(30,31)21-9-5-4-6-10-21/h4-11,17-18H,12-15H2,1-3H3,(H,26,29)/b20-17-. The smallest absolute Gasteiger partial charge is 0.267 e. The minimum Gasteiger partial charge on any atom is -0.373 e.